The fourth-order valence-corrected chi connectivity index (χ4v) is 2.33. The molecular formula is C21H20N2O2. The number of ether oxygens (including phenoxy) is 1. The Hall–Kier alpha value is -3.27. The topological polar surface area (TPSA) is 50.4 Å². The van der Waals surface area contributed by atoms with E-state index in [4.69, 9.17) is 4.74 Å². The van der Waals surface area contributed by atoms with Gasteiger partial charge in [-0.2, -0.15) is 0 Å². The largest absolute Gasteiger partial charge is 0.484 e. The van der Waals surface area contributed by atoms with Gasteiger partial charge >= 0.3 is 0 Å². The number of hydrogen-bond acceptors (Lipinski definition) is 3. The van der Waals surface area contributed by atoms with Crippen molar-refractivity contribution in [2.24, 2.45) is 0 Å². The predicted octanol–water partition coefficient (Wildman–Crippen LogP) is 4.32. The number of rotatable bonds is 7. The van der Waals surface area contributed by atoms with Crippen LogP contribution in [0.2, 0.25) is 0 Å². The second-order valence-corrected chi connectivity index (χ2v) is 5.57. The maximum Gasteiger partial charge on any atom is 0.262 e. The molecule has 0 saturated heterocycles. The standard InChI is InChI=1S/C21H20N2O2/c24-21(16-25-20-9-5-2-6-10-20)23-19-13-11-18(12-14-19)22-15-17-7-3-1-4-8-17/h1-14,22H,15-16H2,(H,23,24). The zero-order valence-electron chi connectivity index (χ0n) is 13.8. The molecule has 25 heavy (non-hydrogen) atoms. The van der Waals surface area contributed by atoms with Crippen LogP contribution in [0.1, 0.15) is 5.56 Å². The van der Waals surface area contributed by atoms with Crippen molar-refractivity contribution in [1.82, 2.24) is 0 Å². The van der Waals surface area contributed by atoms with Gasteiger partial charge in [0.15, 0.2) is 6.61 Å². The molecule has 4 heteroatoms. The highest BCUT2D eigenvalue weighted by molar-refractivity contribution is 5.92. The number of anilines is 2. The molecule has 0 aliphatic heterocycles. The van der Waals surface area contributed by atoms with Crippen LogP contribution in [0.3, 0.4) is 0 Å². The third-order valence-corrected chi connectivity index (χ3v) is 3.62. The van der Waals surface area contributed by atoms with Gasteiger partial charge in [-0.1, -0.05) is 48.5 Å². The van der Waals surface area contributed by atoms with Crippen molar-refractivity contribution in [2.75, 3.05) is 17.2 Å². The summed E-state index contributed by atoms with van der Waals surface area (Å²) in [5.41, 5.74) is 2.97. The van der Waals surface area contributed by atoms with Gasteiger partial charge in [0.05, 0.1) is 0 Å². The number of benzene rings is 3. The Balaban J connectivity index is 1.46. The summed E-state index contributed by atoms with van der Waals surface area (Å²) < 4.78 is 5.43. The first-order valence-corrected chi connectivity index (χ1v) is 8.15. The lowest BCUT2D eigenvalue weighted by molar-refractivity contribution is -0.118. The summed E-state index contributed by atoms with van der Waals surface area (Å²) in [6, 6.07) is 27.1. The van der Waals surface area contributed by atoms with Crippen LogP contribution < -0.4 is 15.4 Å². The SMILES string of the molecule is O=C(COc1ccccc1)Nc1ccc(NCc2ccccc2)cc1. The first-order chi connectivity index (χ1) is 12.3. The predicted molar refractivity (Wildman–Crippen MR) is 101 cm³/mol. The van der Waals surface area contributed by atoms with E-state index in [1.54, 1.807) is 0 Å². The summed E-state index contributed by atoms with van der Waals surface area (Å²) in [5, 5.41) is 6.17. The highest BCUT2D eigenvalue weighted by Gasteiger charge is 2.03. The molecule has 0 spiro atoms. The number of carbonyl (C=O) groups is 1. The van der Waals surface area contributed by atoms with Gasteiger partial charge in [0.2, 0.25) is 0 Å². The first-order valence-electron chi connectivity index (χ1n) is 8.15. The van der Waals surface area contributed by atoms with Gasteiger partial charge in [-0.25, -0.2) is 0 Å². The fraction of sp³-hybridized carbons (Fsp3) is 0.0952. The molecule has 0 atom stereocenters. The minimum Gasteiger partial charge on any atom is -0.484 e. The molecule has 0 radical (unpaired) electrons. The van der Waals surface area contributed by atoms with E-state index in [0.717, 1.165) is 17.9 Å². The second-order valence-electron chi connectivity index (χ2n) is 5.57. The summed E-state index contributed by atoms with van der Waals surface area (Å²) in [6.45, 7) is 0.746. The molecule has 0 aromatic heterocycles. The summed E-state index contributed by atoms with van der Waals surface area (Å²) in [7, 11) is 0. The van der Waals surface area contributed by atoms with Crippen molar-refractivity contribution in [2.45, 2.75) is 6.54 Å². The highest BCUT2D eigenvalue weighted by atomic mass is 16.5. The van der Waals surface area contributed by atoms with Crippen molar-refractivity contribution in [1.29, 1.82) is 0 Å². The maximum atomic E-state index is 11.9. The van der Waals surface area contributed by atoms with Crippen LogP contribution in [0, 0.1) is 0 Å². The molecule has 0 aliphatic carbocycles. The lowest BCUT2D eigenvalue weighted by Gasteiger charge is -2.09. The zero-order chi connectivity index (χ0) is 17.3. The average molecular weight is 332 g/mol. The molecule has 2 N–H and O–H groups in total. The van der Waals surface area contributed by atoms with Crippen LogP contribution in [-0.4, -0.2) is 12.5 Å². The summed E-state index contributed by atoms with van der Waals surface area (Å²) in [5.74, 6) is 0.493. The normalized spacial score (nSPS) is 10.1. The van der Waals surface area contributed by atoms with Gasteiger partial charge in [-0.15, -0.1) is 0 Å². The van der Waals surface area contributed by atoms with Crippen molar-refractivity contribution in [3.8, 4) is 5.75 Å². The van der Waals surface area contributed by atoms with Crippen LogP contribution in [0.5, 0.6) is 5.75 Å². The van der Waals surface area contributed by atoms with Crippen molar-refractivity contribution in [3.63, 3.8) is 0 Å². The molecule has 1 amide bonds. The molecule has 126 valence electrons. The van der Waals surface area contributed by atoms with Gasteiger partial charge in [0.1, 0.15) is 5.75 Å². The third-order valence-electron chi connectivity index (χ3n) is 3.62. The number of nitrogens with one attached hydrogen (secondary N) is 2. The lowest BCUT2D eigenvalue weighted by Crippen LogP contribution is -2.20. The highest BCUT2D eigenvalue weighted by Crippen LogP contribution is 2.15. The molecule has 0 saturated carbocycles. The summed E-state index contributed by atoms with van der Waals surface area (Å²) >= 11 is 0. The Morgan fingerprint density at radius 2 is 1.36 bits per heavy atom. The van der Waals surface area contributed by atoms with E-state index in [2.05, 4.69) is 22.8 Å². The molecular weight excluding hydrogens is 312 g/mol. The molecule has 3 rings (SSSR count). The quantitative estimate of drug-likeness (QED) is 0.677. The van der Waals surface area contributed by atoms with Crippen molar-refractivity contribution < 1.29 is 9.53 Å². The van der Waals surface area contributed by atoms with Gasteiger partial charge in [-0.05, 0) is 42.0 Å². The molecule has 0 unspecified atom stereocenters. The van der Waals surface area contributed by atoms with Crippen LogP contribution in [0.4, 0.5) is 11.4 Å². The second kappa shape index (κ2) is 8.55. The van der Waals surface area contributed by atoms with Gasteiger partial charge < -0.3 is 15.4 Å². The summed E-state index contributed by atoms with van der Waals surface area (Å²) in [6.07, 6.45) is 0. The lowest BCUT2D eigenvalue weighted by atomic mass is 10.2. The zero-order valence-corrected chi connectivity index (χ0v) is 13.8. The smallest absolute Gasteiger partial charge is 0.262 e. The van der Waals surface area contributed by atoms with Crippen LogP contribution in [0.25, 0.3) is 0 Å². The fourth-order valence-electron chi connectivity index (χ4n) is 2.33. The van der Waals surface area contributed by atoms with E-state index in [1.807, 2.05) is 72.8 Å². The van der Waals surface area contributed by atoms with E-state index in [1.165, 1.54) is 5.56 Å². The van der Waals surface area contributed by atoms with Crippen LogP contribution >= 0.6 is 0 Å². The van der Waals surface area contributed by atoms with E-state index < -0.39 is 0 Å². The molecule has 0 bridgehead atoms. The minimum absolute atomic E-state index is 0.0159. The number of para-hydroxylation sites is 1. The summed E-state index contributed by atoms with van der Waals surface area (Å²) in [4.78, 5) is 11.9. The van der Waals surface area contributed by atoms with Crippen molar-refractivity contribution >= 4 is 17.3 Å². The number of hydrogen-bond donors (Lipinski definition) is 2. The molecule has 0 fully saturated rings. The molecule has 4 nitrogen and oxygen atoms in total. The Labute approximate surface area is 147 Å². The Morgan fingerprint density at radius 1 is 0.760 bits per heavy atom. The van der Waals surface area contributed by atoms with Crippen molar-refractivity contribution in [3.05, 3.63) is 90.5 Å². The number of amides is 1. The first kappa shape index (κ1) is 16.6. The van der Waals surface area contributed by atoms with Gasteiger partial charge in [0, 0.05) is 17.9 Å². The van der Waals surface area contributed by atoms with E-state index in [-0.39, 0.29) is 12.5 Å². The molecule has 3 aromatic rings. The minimum atomic E-state index is -0.186. The third kappa shape index (κ3) is 5.39. The molecule has 0 aliphatic rings. The van der Waals surface area contributed by atoms with Gasteiger partial charge in [0.25, 0.3) is 5.91 Å². The average Bonchev–Trinajstić information content (AvgIpc) is 2.67. The Kier molecular flexibility index (Phi) is 5.67. The maximum absolute atomic E-state index is 11.9. The van der Waals surface area contributed by atoms with E-state index in [0.29, 0.717) is 5.75 Å². The number of carbonyl (C=O) groups excluding carboxylic acids is 1. The molecule has 3 aromatic carbocycles. The Morgan fingerprint density at radius 3 is 2.04 bits per heavy atom. The monoisotopic (exact) mass is 332 g/mol. The van der Waals surface area contributed by atoms with Crippen LogP contribution in [0.15, 0.2) is 84.9 Å². The van der Waals surface area contributed by atoms with Crippen LogP contribution in [-0.2, 0) is 11.3 Å². The van der Waals surface area contributed by atoms with E-state index in [9.17, 15) is 4.79 Å². The van der Waals surface area contributed by atoms with Gasteiger partial charge in [-0.3, -0.25) is 4.79 Å². The van der Waals surface area contributed by atoms with E-state index >= 15 is 0 Å². The molecule has 0 heterocycles. The Bertz CT molecular complexity index is 787.